The zero-order chi connectivity index (χ0) is 13.0. The van der Waals surface area contributed by atoms with Gasteiger partial charge in [0.2, 0.25) is 0 Å². The summed E-state index contributed by atoms with van der Waals surface area (Å²) in [5.74, 6) is -1.05. The Balaban J connectivity index is 1.91. The van der Waals surface area contributed by atoms with Crippen molar-refractivity contribution in [3.63, 3.8) is 0 Å². The topological polar surface area (TPSA) is 73.7 Å². The first-order valence-corrected chi connectivity index (χ1v) is 6.21. The van der Waals surface area contributed by atoms with Crippen LogP contribution in [-0.4, -0.2) is 45.7 Å². The van der Waals surface area contributed by atoms with Crippen LogP contribution in [0.15, 0.2) is 24.4 Å². The van der Waals surface area contributed by atoms with Crippen LogP contribution >= 0.6 is 0 Å². The summed E-state index contributed by atoms with van der Waals surface area (Å²) < 4.78 is 0. The third-order valence-corrected chi connectivity index (χ3v) is 3.32. The Hall–Kier alpha value is -1.46. The number of nitrogens with zero attached hydrogens (tertiary/aromatic N) is 2. The summed E-state index contributed by atoms with van der Waals surface area (Å²) in [6.45, 7) is 1.80. The minimum atomic E-state index is -0.743. The zero-order valence-electron chi connectivity index (χ0n) is 10.2. The quantitative estimate of drug-likeness (QED) is 0.831. The van der Waals surface area contributed by atoms with E-state index < -0.39 is 12.1 Å². The molecule has 5 heteroatoms. The van der Waals surface area contributed by atoms with E-state index >= 15 is 0 Å². The van der Waals surface area contributed by atoms with Crippen molar-refractivity contribution in [2.75, 3.05) is 19.6 Å². The molecule has 1 fully saturated rings. The Bertz CT molecular complexity index is 396. The number of pyridine rings is 1. The number of carboxylic acids is 1. The highest BCUT2D eigenvalue weighted by Gasteiger charge is 2.26. The second-order valence-electron chi connectivity index (χ2n) is 4.71. The molecule has 0 saturated carbocycles. The summed E-state index contributed by atoms with van der Waals surface area (Å²) in [6, 6.07) is 5.42. The number of likely N-dealkylation sites (tertiary alicyclic amines) is 1. The van der Waals surface area contributed by atoms with Crippen LogP contribution in [0.1, 0.15) is 24.6 Å². The van der Waals surface area contributed by atoms with Gasteiger partial charge in [-0.3, -0.25) is 14.7 Å². The molecule has 2 heterocycles. The van der Waals surface area contributed by atoms with Gasteiger partial charge in [0, 0.05) is 19.3 Å². The van der Waals surface area contributed by atoms with E-state index in [1.165, 1.54) is 0 Å². The molecule has 0 radical (unpaired) electrons. The number of carboxylic acid groups (broad SMARTS) is 1. The van der Waals surface area contributed by atoms with Gasteiger partial charge in [-0.15, -0.1) is 0 Å². The standard InChI is InChI=1S/C13H18N2O3/c16-12(11-5-1-2-6-14-11)9-15-7-3-4-10(8-15)13(17)18/h1-2,5-6,10,12,16H,3-4,7-9H2,(H,17,18). The molecule has 1 aromatic heterocycles. The molecule has 1 aromatic rings. The van der Waals surface area contributed by atoms with E-state index in [9.17, 15) is 9.90 Å². The molecule has 1 aliphatic rings. The summed E-state index contributed by atoms with van der Waals surface area (Å²) in [5, 5.41) is 19.1. The van der Waals surface area contributed by atoms with Crippen LogP contribution < -0.4 is 0 Å². The molecule has 0 aromatic carbocycles. The normalized spacial score (nSPS) is 22.6. The Morgan fingerprint density at radius 2 is 2.39 bits per heavy atom. The molecule has 98 valence electrons. The molecule has 1 saturated heterocycles. The van der Waals surface area contributed by atoms with Crippen molar-refractivity contribution >= 4 is 5.97 Å². The Kier molecular flexibility index (Phi) is 4.28. The summed E-state index contributed by atoms with van der Waals surface area (Å²) in [4.78, 5) is 17.1. The molecular formula is C13H18N2O3. The predicted molar refractivity (Wildman–Crippen MR) is 66.0 cm³/mol. The Morgan fingerprint density at radius 1 is 1.56 bits per heavy atom. The molecule has 2 atom stereocenters. The fourth-order valence-electron chi connectivity index (χ4n) is 2.33. The van der Waals surface area contributed by atoms with Crippen molar-refractivity contribution in [1.29, 1.82) is 0 Å². The highest BCUT2D eigenvalue weighted by atomic mass is 16.4. The van der Waals surface area contributed by atoms with Crippen molar-refractivity contribution in [3.05, 3.63) is 30.1 Å². The van der Waals surface area contributed by atoms with E-state index in [0.29, 0.717) is 18.8 Å². The van der Waals surface area contributed by atoms with Gasteiger partial charge in [-0.2, -0.15) is 0 Å². The van der Waals surface area contributed by atoms with Crippen molar-refractivity contribution < 1.29 is 15.0 Å². The molecule has 0 spiro atoms. The second-order valence-corrected chi connectivity index (χ2v) is 4.71. The summed E-state index contributed by atoms with van der Waals surface area (Å²) >= 11 is 0. The van der Waals surface area contributed by atoms with Gasteiger partial charge in [-0.1, -0.05) is 6.07 Å². The van der Waals surface area contributed by atoms with Crippen LogP contribution in [0, 0.1) is 5.92 Å². The maximum atomic E-state index is 11.0. The first-order chi connectivity index (χ1) is 8.66. The van der Waals surface area contributed by atoms with Gasteiger partial charge >= 0.3 is 5.97 Å². The van der Waals surface area contributed by atoms with Gasteiger partial charge in [0.05, 0.1) is 11.6 Å². The highest BCUT2D eigenvalue weighted by molar-refractivity contribution is 5.70. The molecular weight excluding hydrogens is 232 g/mol. The number of carbonyl (C=O) groups is 1. The van der Waals surface area contributed by atoms with Crippen LogP contribution in [0.3, 0.4) is 0 Å². The first kappa shape index (κ1) is 13.0. The summed E-state index contributed by atoms with van der Waals surface area (Å²) in [6.07, 6.45) is 2.59. The van der Waals surface area contributed by atoms with Crippen LogP contribution in [0.4, 0.5) is 0 Å². The fourth-order valence-corrected chi connectivity index (χ4v) is 2.33. The lowest BCUT2D eigenvalue weighted by Crippen LogP contribution is -2.40. The third kappa shape index (κ3) is 3.27. The fraction of sp³-hybridized carbons (Fsp3) is 0.538. The number of aliphatic hydroxyl groups is 1. The van der Waals surface area contributed by atoms with E-state index in [4.69, 9.17) is 5.11 Å². The van der Waals surface area contributed by atoms with Crippen LogP contribution in [-0.2, 0) is 4.79 Å². The summed E-state index contributed by atoms with van der Waals surface area (Å²) in [5.41, 5.74) is 0.634. The van der Waals surface area contributed by atoms with Gasteiger partial charge in [-0.25, -0.2) is 0 Å². The van der Waals surface area contributed by atoms with Crippen LogP contribution in [0.5, 0.6) is 0 Å². The van der Waals surface area contributed by atoms with Gasteiger partial charge in [0.25, 0.3) is 0 Å². The van der Waals surface area contributed by atoms with E-state index in [0.717, 1.165) is 19.4 Å². The molecule has 2 rings (SSSR count). The van der Waals surface area contributed by atoms with Crippen LogP contribution in [0.2, 0.25) is 0 Å². The Morgan fingerprint density at radius 3 is 3.06 bits per heavy atom. The zero-order valence-corrected chi connectivity index (χ0v) is 10.2. The minimum absolute atomic E-state index is 0.310. The van der Waals surface area contributed by atoms with Gasteiger partial charge in [0.1, 0.15) is 6.10 Å². The van der Waals surface area contributed by atoms with E-state index in [1.54, 1.807) is 18.3 Å². The number of aromatic nitrogens is 1. The van der Waals surface area contributed by atoms with Crippen molar-refractivity contribution in [2.24, 2.45) is 5.92 Å². The maximum Gasteiger partial charge on any atom is 0.307 e. The van der Waals surface area contributed by atoms with Gasteiger partial charge < -0.3 is 10.2 Å². The number of β-amino-alcohol motifs (C(OH)–C–C–N with tert-alkyl or cyclic N) is 1. The van der Waals surface area contributed by atoms with Crippen molar-refractivity contribution in [1.82, 2.24) is 9.88 Å². The number of aliphatic carboxylic acids is 1. The lowest BCUT2D eigenvalue weighted by atomic mass is 9.98. The molecule has 2 N–H and O–H groups in total. The number of hydrogen-bond acceptors (Lipinski definition) is 4. The van der Waals surface area contributed by atoms with Crippen molar-refractivity contribution in [2.45, 2.75) is 18.9 Å². The van der Waals surface area contributed by atoms with E-state index in [-0.39, 0.29) is 5.92 Å². The van der Waals surface area contributed by atoms with E-state index in [2.05, 4.69) is 4.98 Å². The molecule has 2 unspecified atom stereocenters. The molecule has 0 aliphatic carbocycles. The number of piperidine rings is 1. The average molecular weight is 250 g/mol. The molecule has 5 nitrogen and oxygen atoms in total. The average Bonchev–Trinajstić information content (AvgIpc) is 2.40. The Labute approximate surface area is 106 Å². The number of rotatable bonds is 4. The second kappa shape index (κ2) is 5.93. The number of aliphatic hydroxyl groups excluding tert-OH is 1. The largest absolute Gasteiger partial charge is 0.481 e. The first-order valence-electron chi connectivity index (χ1n) is 6.21. The van der Waals surface area contributed by atoms with Gasteiger partial charge in [0.15, 0.2) is 0 Å². The SMILES string of the molecule is O=C(O)C1CCCN(CC(O)c2ccccn2)C1. The lowest BCUT2D eigenvalue weighted by Gasteiger charge is -2.31. The van der Waals surface area contributed by atoms with Crippen LogP contribution in [0.25, 0.3) is 0 Å². The van der Waals surface area contributed by atoms with Gasteiger partial charge in [-0.05, 0) is 31.5 Å². The predicted octanol–water partition coefficient (Wildman–Crippen LogP) is 0.912. The monoisotopic (exact) mass is 250 g/mol. The third-order valence-electron chi connectivity index (χ3n) is 3.32. The molecule has 18 heavy (non-hydrogen) atoms. The molecule has 1 aliphatic heterocycles. The van der Waals surface area contributed by atoms with E-state index in [1.807, 2.05) is 11.0 Å². The molecule has 0 bridgehead atoms. The number of hydrogen-bond donors (Lipinski definition) is 2. The lowest BCUT2D eigenvalue weighted by molar-refractivity contribution is -0.143. The minimum Gasteiger partial charge on any atom is -0.481 e. The smallest absolute Gasteiger partial charge is 0.307 e. The molecule has 0 amide bonds. The summed E-state index contributed by atoms with van der Waals surface area (Å²) in [7, 11) is 0. The highest BCUT2D eigenvalue weighted by Crippen LogP contribution is 2.19. The van der Waals surface area contributed by atoms with Crippen molar-refractivity contribution in [3.8, 4) is 0 Å². The maximum absolute atomic E-state index is 11.0.